The van der Waals surface area contributed by atoms with Gasteiger partial charge in [-0.25, -0.2) is 0 Å². The van der Waals surface area contributed by atoms with Crippen molar-refractivity contribution in [1.82, 2.24) is 0 Å². The summed E-state index contributed by atoms with van der Waals surface area (Å²) in [7, 11) is 0. The molecule has 0 fully saturated rings. The first-order chi connectivity index (χ1) is 9.48. The highest BCUT2D eigenvalue weighted by atomic mass is 19.4. The number of alkyl halides is 3. The Morgan fingerprint density at radius 1 is 0.900 bits per heavy atom. The van der Waals surface area contributed by atoms with Crippen LogP contribution in [0, 0.1) is 0 Å². The van der Waals surface area contributed by atoms with Gasteiger partial charge in [-0.2, -0.15) is 13.2 Å². The molecule has 0 aliphatic heterocycles. The van der Waals surface area contributed by atoms with Crippen molar-refractivity contribution in [2.24, 2.45) is 0 Å². The first kappa shape index (κ1) is 14.6. The lowest BCUT2D eigenvalue weighted by atomic mass is 9.98. The molecule has 106 valence electrons. The fourth-order valence-corrected chi connectivity index (χ4v) is 2.15. The van der Waals surface area contributed by atoms with Gasteiger partial charge >= 0.3 is 6.18 Å². The Morgan fingerprint density at radius 3 is 2.15 bits per heavy atom. The van der Waals surface area contributed by atoms with Crippen LogP contribution in [-0.4, -0.2) is 5.11 Å². The molecule has 0 amide bonds. The second kappa shape index (κ2) is 6.09. The van der Waals surface area contributed by atoms with Crippen molar-refractivity contribution in [3.63, 3.8) is 0 Å². The summed E-state index contributed by atoms with van der Waals surface area (Å²) in [4.78, 5) is 0. The maximum Gasteiger partial charge on any atom is 0.416 e. The molecular formula is C16H15F3O. The minimum absolute atomic E-state index is 0.186. The maximum atomic E-state index is 12.8. The van der Waals surface area contributed by atoms with E-state index in [-0.39, 0.29) is 18.4 Å². The van der Waals surface area contributed by atoms with Gasteiger partial charge in [0.25, 0.3) is 0 Å². The quantitative estimate of drug-likeness (QED) is 0.881. The second-order valence-corrected chi connectivity index (χ2v) is 4.62. The molecule has 0 aliphatic carbocycles. The number of aliphatic hydroxyl groups excluding tert-OH is 1. The molecule has 0 aliphatic rings. The SMILES string of the molecule is OC(CCc1ccccc1C(F)(F)F)c1ccccc1. The Hall–Kier alpha value is -1.81. The molecule has 0 spiro atoms. The van der Waals surface area contributed by atoms with Crippen LogP contribution in [0.2, 0.25) is 0 Å². The molecule has 0 saturated carbocycles. The van der Waals surface area contributed by atoms with Crippen LogP contribution in [0.5, 0.6) is 0 Å². The average molecular weight is 280 g/mol. The van der Waals surface area contributed by atoms with Crippen molar-refractivity contribution in [2.45, 2.75) is 25.1 Å². The van der Waals surface area contributed by atoms with Gasteiger partial charge in [-0.15, -0.1) is 0 Å². The van der Waals surface area contributed by atoms with Crippen LogP contribution in [0.4, 0.5) is 13.2 Å². The Balaban J connectivity index is 2.08. The van der Waals surface area contributed by atoms with Crippen molar-refractivity contribution >= 4 is 0 Å². The summed E-state index contributed by atoms with van der Waals surface area (Å²) in [6.45, 7) is 0. The lowest BCUT2D eigenvalue weighted by Gasteiger charge is -2.15. The second-order valence-electron chi connectivity index (χ2n) is 4.62. The molecule has 0 aromatic heterocycles. The molecule has 4 heteroatoms. The fraction of sp³-hybridized carbons (Fsp3) is 0.250. The minimum atomic E-state index is -4.35. The number of halogens is 3. The van der Waals surface area contributed by atoms with E-state index >= 15 is 0 Å². The van der Waals surface area contributed by atoms with Gasteiger partial charge in [0.15, 0.2) is 0 Å². The van der Waals surface area contributed by atoms with Gasteiger partial charge in [-0.3, -0.25) is 0 Å². The van der Waals surface area contributed by atoms with Crippen LogP contribution < -0.4 is 0 Å². The number of aliphatic hydroxyl groups is 1. The van der Waals surface area contributed by atoms with Crippen molar-refractivity contribution in [2.75, 3.05) is 0 Å². The summed E-state index contributed by atoms with van der Waals surface area (Å²) in [5.41, 5.74) is 0.312. The minimum Gasteiger partial charge on any atom is -0.388 e. The zero-order valence-corrected chi connectivity index (χ0v) is 10.8. The van der Waals surface area contributed by atoms with Crippen molar-refractivity contribution < 1.29 is 18.3 Å². The standard InChI is InChI=1S/C16H15F3O/c17-16(18,19)14-9-5-4-6-12(14)10-11-15(20)13-7-2-1-3-8-13/h1-9,15,20H,10-11H2. The summed E-state index contributed by atoms with van der Waals surface area (Å²) in [5.74, 6) is 0. The Labute approximate surface area is 115 Å². The summed E-state index contributed by atoms with van der Waals surface area (Å²) < 4.78 is 38.5. The first-order valence-electron chi connectivity index (χ1n) is 6.36. The fourth-order valence-electron chi connectivity index (χ4n) is 2.15. The highest BCUT2D eigenvalue weighted by Gasteiger charge is 2.32. The van der Waals surface area contributed by atoms with Crippen molar-refractivity contribution in [1.29, 1.82) is 0 Å². The lowest BCUT2D eigenvalue weighted by Crippen LogP contribution is -2.10. The number of hydrogen-bond donors (Lipinski definition) is 1. The molecule has 1 nitrogen and oxygen atoms in total. The Bertz CT molecular complexity index is 549. The van der Waals surface area contributed by atoms with Gasteiger partial charge in [0.1, 0.15) is 0 Å². The zero-order chi connectivity index (χ0) is 14.6. The van der Waals surface area contributed by atoms with Crippen molar-refractivity contribution in [3.8, 4) is 0 Å². The van der Waals surface area contributed by atoms with Crippen LogP contribution >= 0.6 is 0 Å². The summed E-state index contributed by atoms with van der Waals surface area (Å²) in [6, 6.07) is 14.4. The third kappa shape index (κ3) is 3.61. The Kier molecular flexibility index (Phi) is 4.45. The van der Waals surface area contributed by atoms with Crippen LogP contribution in [-0.2, 0) is 12.6 Å². The van der Waals surface area contributed by atoms with Gasteiger partial charge in [-0.1, -0.05) is 48.5 Å². The normalized spacial score (nSPS) is 13.2. The molecule has 20 heavy (non-hydrogen) atoms. The van der Waals surface area contributed by atoms with Crippen LogP contribution in [0.1, 0.15) is 29.2 Å². The van der Waals surface area contributed by atoms with Gasteiger partial charge in [-0.05, 0) is 30.0 Å². The lowest BCUT2D eigenvalue weighted by molar-refractivity contribution is -0.138. The molecule has 2 aromatic rings. The van der Waals surface area contributed by atoms with E-state index in [9.17, 15) is 18.3 Å². The van der Waals surface area contributed by atoms with Gasteiger partial charge in [0, 0.05) is 0 Å². The van der Waals surface area contributed by atoms with Crippen LogP contribution in [0.3, 0.4) is 0 Å². The molecular weight excluding hydrogens is 265 g/mol. The zero-order valence-electron chi connectivity index (χ0n) is 10.8. The predicted octanol–water partition coefficient (Wildman–Crippen LogP) is 4.37. The number of hydrogen-bond acceptors (Lipinski definition) is 1. The number of benzene rings is 2. The summed E-state index contributed by atoms with van der Waals surface area (Å²) >= 11 is 0. The molecule has 1 N–H and O–H groups in total. The Morgan fingerprint density at radius 2 is 1.50 bits per heavy atom. The summed E-state index contributed by atoms with van der Waals surface area (Å²) in [5, 5.41) is 9.99. The van der Waals surface area contributed by atoms with Crippen LogP contribution in [0.15, 0.2) is 54.6 Å². The summed E-state index contributed by atoms with van der Waals surface area (Å²) in [6.07, 6.45) is -4.66. The molecule has 0 saturated heterocycles. The topological polar surface area (TPSA) is 20.2 Å². The van der Waals surface area contributed by atoms with E-state index in [4.69, 9.17) is 0 Å². The first-order valence-corrected chi connectivity index (χ1v) is 6.36. The molecule has 2 rings (SSSR count). The molecule has 1 unspecified atom stereocenters. The van der Waals surface area contributed by atoms with E-state index in [0.717, 1.165) is 11.6 Å². The van der Waals surface area contributed by atoms with E-state index in [1.54, 1.807) is 30.3 Å². The third-order valence-electron chi connectivity index (χ3n) is 3.19. The molecule has 2 aromatic carbocycles. The van der Waals surface area contributed by atoms with Crippen LogP contribution in [0.25, 0.3) is 0 Å². The van der Waals surface area contributed by atoms with Gasteiger partial charge < -0.3 is 5.11 Å². The average Bonchev–Trinajstić information content (AvgIpc) is 2.45. The number of rotatable bonds is 4. The highest BCUT2D eigenvalue weighted by Crippen LogP contribution is 2.33. The number of aryl methyl sites for hydroxylation is 1. The van der Waals surface area contributed by atoms with Gasteiger partial charge in [0.2, 0.25) is 0 Å². The molecule has 0 radical (unpaired) electrons. The molecule has 0 bridgehead atoms. The van der Waals surface area contributed by atoms with E-state index < -0.39 is 17.8 Å². The van der Waals surface area contributed by atoms with E-state index in [2.05, 4.69) is 0 Å². The van der Waals surface area contributed by atoms with E-state index in [0.29, 0.717) is 0 Å². The van der Waals surface area contributed by atoms with E-state index in [1.165, 1.54) is 12.1 Å². The van der Waals surface area contributed by atoms with Gasteiger partial charge in [0.05, 0.1) is 11.7 Å². The van der Waals surface area contributed by atoms with E-state index in [1.807, 2.05) is 6.07 Å². The predicted molar refractivity (Wildman–Crippen MR) is 71.2 cm³/mol. The third-order valence-corrected chi connectivity index (χ3v) is 3.19. The smallest absolute Gasteiger partial charge is 0.388 e. The largest absolute Gasteiger partial charge is 0.416 e. The molecule has 0 heterocycles. The van der Waals surface area contributed by atoms with Crippen molar-refractivity contribution in [3.05, 3.63) is 71.3 Å². The maximum absolute atomic E-state index is 12.8. The monoisotopic (exact) mass is 280 g/mol. The molecule has 1 atom stereocenters. The highest BCUT2D eigenvalue weighted by molar-refractivity contribution is 5.30.